The minimum Gasteiger partial charge on any atom is -0.355 e. The van der Waals surface area contributed by atoms with Crippen molar-refractivity contribution in [1.82, 2.24) is 5.32 Å². The van der Waals surface area contributed by atoms with E-state index in [0.29, 0.717) is 37.1 Å². The molecular formula is C22H34N2O2. The molecule has 1 aromatic rings. The van der Waals surface area contributed by atoms with E-state index in [1.807, 2.05) is 6.07 Å². The number of amides is 2. The summed E-state index contributed by atoms with van der Waals surface area (Å²) in [5, 5.41) is 6.08. The molecule has 4 nitrogen and oxygen atoms in total. The Hall–Kier alpha value is -1.84. The summed E-state index contributed by atoms with van der Waals surface area (Å²) >= 11 is 0. The lowest BCUT2D eigenvalue weighted by Crippen LogP contribution is -2.40. The smallest absolute Gasteiger partial charge is 0.240 e. The third-order valence-electron chi connectivity index (χ3n) is 5.24. The fourth-order valence-corrected chi connectivity index (χ4v) is 3.25. The number of rotatable bonds is 8. The van der Waals surface area contributed by atoms with Crippen molar-refractivity contribution >= 4 is 17.5 Å². The first-order valence-corrected chi connectivity index (χ1v) is 9.91. The predicted molar refractivity (Wildman–Crippen MR) is 107 cm³/mol. The van der Waals surface area contributed by atoms with Crippen molar-refractivity contribution in [2.24, 2.45) is 11.3 Å². The van der Waals surface area contributed by atoms with Crippen LogP contribution in [0.5, 0.6) is 0 Å². The Kier molecular flexibility index (Phi) is 6.48. The lowest BCUT2D eigenvalue weighted by Gasteiger charge is -2.22. The van der Waals surface area contributed by atoms with Crippen LogP contribution < -0.4 is 10.6 Å². The molecule has 4 heteroatoms. The second-order valence-corrected chi connectivity index (χ2v) is 8.60. The molecule has 0 bridgehead atoms. The van der Waals surface area contributed by atoms with Gasteiger partial charge in [-0.15, -0.1) is 0 Å². The standard InChI is InChI=1S/C22H34N2O2/c1-14(2)10-13-23-20(25)22(11-12-22)21(26)24-19-17(15(3)4)8-7-9-18(19)16(5)6/h7-9,14-16H,10-13H2,1-6H3,(H,23,25)(H,24,26). The topological polar surface area (TPSA) is 58.2 Å². The zero-order chi connectivity index (χ0) is 19.5. The highest BCUT2D eigenvalue weighted by molar-refractivity contribution is 6.13. The van der Waals surface area contributed by atoms with E-state index >= 15 is 0 Å². The highest BCUT2D eigenvalue weighted by atomic mass is 16.2. The average Bonchev–Trinajstić information content (AvgIpc) is 3.36. The maximum atomic E-state index is 13.0. The molecule has 144 valence electrons. The Morgan fingerprint density at radius 1 is 0.962 bits per heavy atom. The van der Waals surface area contributed by atoms with Gasteiger partial charge in [0.15, 0.2) is 0 Å². The second kappa shape index (κ2) is 8.24. The molecule has 0 unspecified atom stereocenters. The number of benzene rings is 1. The molecule has 0 radical (unpaired) electrons. The summed E-state index contributed by atoms with van der Waals surface area (Å²) in [6, 6.07) is 6.18. The third kappa shape index (κ3) is 4.46. The van der Waals surface area contributed by atoms with Crippen LogP contribution >= 0.6 is 0 Å². The zero-order valence-corrected chi connectivity index (χ0v) is 17.1. The maximum absolute atomic E-state index is 13.0. The minimum absolute atomic E-state index is 0.122. The first-order valence-electron chi connectivity index (χ1n) is 9.91. The van der Waals surface area contributed by atoms with Crippen LogP contribution in [0.3, 0.4) is 0 Å². The van der Waals surface area contributed by atoms with E-state index in [-0.39, 0.29) is 11.8 Å². The van der Waals surface area contributed by atoms with Crippen LogP contribution in [0.15, 0.2) is 18.2 Å². The summed E-state index contributed by atoms with van der Waals surface area (Å²) in [5.41, 5.74) is 2.26. The average molecular weight is 359 g/mol. The van der Waals surface area contributed by atoms with Gasteiger partial charge in [-0.25, -0.2) is 0 Å². The fourth-order valence-electron chi connectivity index (χ4n) is 3.25. The minimum atomic E-state index is -0.880. The molecule has 0 aliphatic heterocycles. The van der Waals surface area contributed by atoms with Crippen molar-refractivity contribution in [1.29, 1.82) is 0 Å². The number of anilines is 1. The van der Waals surface area contributed by atoms with Crippen LogP contribution in [0.1, 0.15) is 83.8 Å². The highest BCUT2D eigenvalue weighted by Crippen LogP contribution is 2.47. The summed E-state index contributed by atoms with van der Waals surface area (Å²) in [6.45, 7) is 13.4. The summed E-state index contributed by atoms with van der Waals surface area (Å²) in [5.74, 6) is 0.863. The van der Waals surface area contributed by atoms with Gasteiger partial charge in [0.1, 0.15) is 5.41 Å². The zero-order valence-electron chi connectivity index (χ0n) is 17.1. The van der Waals surface area contributed by atoms with Gasteiger partial charge in [0.2, 0.25) is 11.8 Å². The van der Waals surface area contributed by atoms with Crippen LogP contribution in [0.2, 0.25) is 0 Å². The molecular weight excluding hydrogens is 324 g/mol. The van der Waals surface area contributed by atoms with Crippen LogP contribution in [-0.2, 0) is 9.59 Å². The van der Waals surface area contributed by atoms with Gasteiger partial charge < -0.3 is 10.6 Å². The molecule has 1 saturated carbocycles. The number of hydrogen-bond acceptors (Lipinski definition) is 2. The molecule has 0 atom stereocenters. The number of carbonyl (C=O) groups excluding carboxylic acids is 2. The van der Waals surface area contributed by atoms with Gasteiger partial charge in [0, 0.05) is 12.2 Å². The molecule has 0 saturated heterocycles. The van der Waals surface area contributed by atoms with Gasteiger partial charge in [-0.2, -0.15) is 0 Å². The lowest BCUT2D eigenvalue weighted by atomic mass is 9.92. The van der Waals surface area contributed by atoms with Crippen LogP contribution in [0.4, 0.5) is 5.69 Å². The van der Waals surface area contributed by atoms with Crippen molar-refractivity contribution in [3.05, 3.63) is 29.3 Å². The van der Waals surface area contributed by atoms with E-state index in [9.17, 15) is 9.59 Å². The fraction of sp³-hybridized carbons (Fsp3) is 0.636. The van der Waals surface area contributed by atoms with Crippen LogP contribution in [0.25, 0.3) is 0 Å². The Bertz CT molecular complexity index is 632. The molecule has 1 aromatic carbocycles. The van der Waals surface area contributed by atoms with E-state index in [2.05, 4.69) is 64.3 Å². The number of para-hydroxylation sites is 1. The van der Waals surface area contributed by atoms with Crippen molar-refractivity contribution in [2.45, 2.75) is 72.6 Å². The Labute approximate surface area is 158 Å². The molecule has 0 aromatic heterocycles. The van der Waals surface area contributed by atoms with Crippen molar-refractivity contribution < 1.29 is 9.59 Å². The quantitative estimate of drug-likeness (QED) is 0.655. The van der Waals surface area contributed by atoms with Crippen molar-refractivity contribution in [3.8, 4) is 0 Å². The molecule has 0 spiro atoms. The van der Waals surface area contributed by atoms with E-state index in [1.54, 1.807) is 0 Å². The largest absolute Gasteiger partial charge is 0.355 e. The molecule has 0 heterocycles. The van der Waals surface area contributed by atoms with Crippen LogP contribution in [-0.4, -0.2) is 18.4 Å². The van der Waals surface area contributed by atoms with Gasteiger partial charge in [0.05, 0.1) is 0 Å². The monoisotopic (exact) mass is 358 g/mol. The molecule has 1 fully saturated rings. The second-order valence-electron chi connectivity index (χ2n) is 8.60. The SMILES string of the molecule is CC(C)CCNC(=O)C1(C(=O)Nc2c(C(C)C)cccc2C(C)C)CC1. The van der Waals surface area contributed by atoms with E-state index in [1.165, 1.54) is 0 Å². The van der Waals surface area contributed by atoms with Gasteiger partial charge in [0.25, 0.3) is 0 Å². The van der Waals surface area contributed by atoms with Gasteiger partial charge >= 0.3 is 0 Å². The number of nitrogens with one attached hydrogen (secondary N) is 2. The summed E-state index contributed by atoms with van der Waals surface area (Å²) < 4.78 is 0. The molecule has 2 amide bonds. The van der Waals surface area contributed by atoms with E-state index in [0.717, 1.165) is 23.2 Å². The Morgan fingerprint density at radius 3 is 1.92 bits per heavy atom. The summed E-state index contributed by atoms with van der Waals surface area (Å²) in [4.78, 5) is 25.6. The Balaban J connectivity index is 2.18. The van der Waals surface area contributed by atoms with Crippen molar-refractivity contribution in [2.75, 3.05) is 11.9 Å². The predicted octanol–water partition coefficient (Wildman–Crippen LogP) is 4.81. The molecule has 1 aliphatic carbocycles. The number of carbonyl (C=O) groups is 2. The molecule has 1 aliphatic rings. The van der Waals surface area contributed by atoms with E-state index in [4.69, 9.17) is 0 Å². The normalized spacial score (nSPS) is 15.4. The van der Waals surface area contributed by atoms with Gasteiger partial charge in [-0.3, -0.25) is 9.59 Å². The van der Waals surface area contributed by atoms with Gasteiger partial charge in [-0.1, -0.05) is 59.7 Å². The summed E-state index contributed by atoms with van der Waals surface area (Å²) in [6.07, 6.45) is 2.19. The summed E-state index contributed by atoms with van der Waals surface area (Å²) in [7, 11) is 0. The first kappa shape index (κ1) is 20.5. The molecule has 26 heavy (non-hydrogen) atoms. The maximum Gasteiger partial charge on any atom is 0.240 e. The Morgan fingerprint density at radius 2 is 1.50 bits per heavy atom. The third-order valence-corrected chi connectivity index (χ3v) is 5.24. The first-order chi connectivity index (χ1) is 12.2. The lowest BCUT2D eigenvalue weighted by molar-refractivity contribution is -0.134. The van der Waals surface area contributed by atoms with E-state index < -0.39 is 5.41 Å². The molecule has 2 rings (SSSR count). The van der Waals surface area contributed by atoms with Crippen molar-refractivity contribution in [3.63, 3.8) is 0 Å². The highest BCUT2D eigenvalue weighted by Gasteiger charge is 2.56. The van der Waals surface area contributed by atoms with Gasteiger partial charge in [-0.05, 0) is 48.1 Å². The number of hydrogen-bond donors (Lipinski definition) is 2. The van der Waals surface area contributed by atoms with Crippen LogP contribution in [0, 0.1) is 11.3 Å². The molecule has 2 N–H and O–H groups in total.